The Hall–Kier alpha value is -1.56. The highest BCUT2D eigenvalue weighted by Crippen LogP contribution is 2.46. The van der Waals surface area contributed by atoms with Crippen LogP contribution in [0, 0.1) is 48.0 Å². The van der Waals surface area contributed by atoms with E-state index in [1.165, 1.54) is 55.6 Å². The molecule has 0 saturated heterocycles. The van der Waals surface area contributed by atoms with Crippen molar-refractivity contribution in [1.29, 1.82) is 0 Å². The Bertz CT molecular complexity index is 703. The molecule has 0 aliphatic heterocycles. The van der Waals surface area contributed by atoms with Gasteiger partial charge in [-0.1, -0.05) is 12.1 Å². The fourth-order valence-electron chi connectivity index (χ4n) is 3.29. The predicted octanol–water partition coefficient (Wildman–Crippen LogP) is 5.12. The lowest BCUT2D eigenvalue weighted by Crippen LogP contribution is -1.98. The zero-order valence-corrected chi connectivity index (χ0v) is 12.7. The Morgan fingerprint density at radius 3 is 1.89 bits per heavy atom. The molecule has 0 spiro atoms. The lowest BCUT2D eigenvalue weighted by atomic mass is 9.87. The summed E-state index contributed by atoms with van der Waals surface area (Å²) in [6.45, 7) is 13.5. The standard InChI is InChI=1S/C19H21/c1-10-7-8-16-9-17-14(5)12(3)13(4)15(6)19(17)18(16)11(10)2/h7-9H,1-6H3. The van der Waals surface area contributed by atoms with Gasteiger partial charge in [-0.15, -0.1) is 0 Å². The van der Waals surface area contributed by atoms with Gasteiger partial charge >= 0.3 is 0 Å². The van der Waals surface area contributed by atoms with E-state index in [0.717, 1.165) is 0 Å². The molecule has 19 heavy (non-hydrogen) atoms. The molecule has 0 unspecified atom stereocenters. The fraction of sp³-hybridized carbons (Fsp3) is 0.316. The predicted molar refractivity (Wildman–Crippen MR) is 82.8 cm³/mol. The third-order valence-electron chi connectivity index (χ3n) is 5.05. The van der Waals surface area contributed by atoms with Gasteiger partial charge in [0.05, 0.1) is 0 Å². The van der Waals surface area contributed by atoms with Crippen molar-refractivity contribution in [3.63, 3.8) is 0 Å². The van der Waals surface area contributed by atoms with Gasteiger partial charge in [0.1, 0.15) is 0 Å². The molecular formula is C19H21. The summed E-state index contributed by atoms with van der Waals surface area (Å²) >= 11 is 0. The van der Waals surface area contributed by atoms with E-state index in [4.69, 9.17) is 0 Å². The van der Waals surface area contributed by atoms with Crippen molar-refractivity contribution in [2.24, 2.45) is 0 Å². The minimum absolute atomic E-state index is 1.38. The van der Waals surface area contributed by atoms with Gasteiger partial charge in [-0.05, 0) is 97.2 Å². The van der Waals surface area contributed by atoms with Crippen LogP contribution in [0.25, 0.3) is 11.1 Å². The van der Waals surface area contributed by atoms with Gasteiger partial charge in [0.2, 0.25) is 0 Å². The van der Waals surface area contributed by atoms with Crippen molar-refractivity contribution >= 4 is 0 Å². The molecule has 2 aromatic rings. The summed E-state index contributed by atoms with van der Waals surface area (Å²) in [7, 11) is 0. The van der Waals surface area contributed by atoms with Crippen molar-refractivity contribution in [3.8, 4) is 11.1 Å². The van der Waals surface area contributed by atoms with Crippen molar-refractivity contribution in [2.45, 2.75) is 41.5 Å². The molecular weight excluding hydrogens is 228 g/mol. The maximum absolute atomic E-state index is 2.37. The smallest absolute Gasteiger partial charge is 0.0214 e. The minimum atomic E-state index is 1.38. The molecule has 1 radical (unpaired) electrons. The molecule has 1 aliphatic rings. The van der Waals surface area contributed by atoms with E-state index in [1.807, 2.05) is 0 Å². The first-order valence-electron chi connectivity index (χ1n) is 6.99. The average Bonchev–Trinajstić information content (AvgIpc) is 2.78. The highest BCUT2D eigenvalue weighted by atomic mass is 14.3. The number of fused-ring (bicyclic) bond motifs is 3. The van der Waals surface area contributed by atoms with E-state index in [9.17, 15) is 0 Å². The van der Waals surface area contributed by atoms with Gasteiger partial charge < -0.3 is 0 Å². The van der Waals surface area contributed by atoms with Crippen molar-refractivity contribution in [3.05, 3.63) is 63.1 Å². The summed E-state index contributed by atoms with van der Waals surface area (Å²) in [6.07, 6.45) is 2.37. The van der Waals surface area contributed by atoms with Gasteiger partial charge in [-0.2, -0.15) is 0 Å². The van der Waals surface area contributed by atoms with Crippen molar-refractivity contribution in [2.75, 3.05) is 0 Å². The van der Waals surface area contributed by atoms with Crippen LogP contribution in [0.4, 0.5) is 0 Å². The second-order valence-electron chi connectivity index (χ2n) is 5.90. The van der Waals surface area contributed by atoms with Crippen LogP contribution < -0.4 is 0 Å². The van der Waals surface area contributed by atoms with Crippen LogP contribution in [0.1, 0.15) is 44.5 Å². The van der Waals surface area contributed by atoms with Gasteiger partial charge in [0.15, 0.2) is 0 Å². The number of hydrogen-bond acceptors (Lipinski definition) is 0. The molecule has 3 rings (SSSR count). The quantitative estimate of drug-likeness (QED) is 0.519. The van der Waals surface area contributed by atoms with Crippen molar-refractivity contribution in [1.82, 2.24) is 0 Å². The van der Waals surface area contributed by atoms with Crippen LogP contribution >= 0.6 is 0 Å². The average molecular weight is 249 g/mol. The first-order chi connectivity index (χ1) is 8.93. The zero-order valence-electron chi connectivity index (χ0n) is 12.7. The number of hydrogen-bond donors (Lipinski definition) is 0. The Morgan fingerprint density at radius 1 is 0.579 bits per heavy atom. The molecule has 0 N–H and O–H groups in total. The molecule has 0 atom stereocenters. The molecule has 2 aromatic carbocycles. The van der Waals surface area contributed by atoms with E-state index in [2.05, 4.69) is 60.1 Å². The molecule has 0 amide bonds. The van der Waals surface area contributed by atoms with Gasteiger partial charge in [0.25, 0.3) is 0 Å². The van der Waals surface area contributed by atoms with E-state index in [-0.39, 0.29) is 0 Å². The second kappa shape index (κ2) is 3.96. The normalized spacial score (nSPS) is 12.5. The van der Waals surface area contributed by atoms with Crippen LogP contribution in [0.15, 0.2) is 12.1 Å². The van der Waals surface area contributed by atoms with Crippen LogP contribution in [0.3, 0.4) is 0 Å². The topological polar surface area (TPSA) is 0 Å². The summed E-state index contributed by atoms with van der Waals surface area (Å²) in [4.78, 5) is 0. The summed E-state index contributed by atoms with van der Waals surface area (Å²) in [6, 6.07) is 4.50. The van der Waals surface area contributed by atoms with E-state index >= 15 is 0 Å². The molecule has 1 aliphatic carbocycles. The third kappa shape index (κ3) is 1.52. The maximum atomic E-state index is 2.37. The third-order valence-corrected chi connectivity index (χ3v) is 5.05. The lowest BCUT2D eigenvalue weighted by Gasteiger charge is -2.17. The Morgan fingerprint density at radius 2 is 1.21 bits per heavy atom. The molecule has 0 saturated carbocycles. The SMILES string of the molecule is Cc1ccc2c(c1C)-c1c(C)c(C)c(C)c(C)c1[CH]2. The van der Waals surface area contributed by atoms with Gasteiger partial charge in [-0.3, -0.25) is 0 Å². The molecule has 0 heterocycles. The molecule has 0 aromatic heterocycles. The number of aryl methyl sites for hydroxylation is 1. The Kier molecular flexibility index (Phi) is 2.60. The lowest BCUT2D eigenvalue weighted by molar-refractivity contribution is 1.20. The first-order valence-corrected chi connectivity index (χ1v) is 6.99. The molecule has 97 valence electrons. The molecule has 0 heteroatoms. The van der Waals surface area contributed by atoms with Crippen LogP contribution in [-0.2, 0) is 0 Å². The van der Waals surface area contributed by atoms with E-state index in [1.54, 1.807) is 0 Å². The van der Waals surface area contributed by atoms with Crippen LogP contribution in [0.2, 0.25) is 0 Å². The summed E-state index contributed by atoms with van der Waals surface area (Å²) in [5.74, 6) is 0. The minimum Gasteiger partial charge on any atom is -0.0587 e. The Balaban J connectivity index is 2.45. The number of benzene rings is 2. The van der Waals surface area contributed by atoms with E-state index in [0.29, 0.717) is 0 Å². The molecule has 0 bridgehead atoms. The largest absolute Gasteiger partial charge is 0.0587 e. The number of rotatable bonds is 0. The van der Waals surface area contributed by atoms with Crippen LogP contribution in [0.5, 0.6) is 0 Å². The highest BCUT2D eigenvalue weighted by Gasteiger charge is 2.26. The monoisotopic (exact) mass is 249 g/mol. The summed E-state index contributed by atoms with van der Waals surface area (Å²) < 4.78 is 0. The molecule has 0 nitrogen and oxygen atoms in total. The highest BCUT2D eigenvalue weighted by molar-refractivity contribution is 5.88. The van der Waals surface area contributed by atoms with Crippen LogP contribution in [-0.4, -0.2) is 0 Å². The summed E-state index contributed by atoms with van der Waals surface area (Å²) in [5, 5.41) is 0. The second-order valence-corrected chi connectivity index (χ2v) is 5.90. The van der Waals surface area contributed by atoms with E-state index < -0.39 is 0 Å². The fourth-order valence-corrected chi connectivity index (χ4v) is 3.29. The Labute approximate surface area is 116 Å². The van der Waals surface area contributed by atoms with Gasteiger partial charge in [0, 0.05) is 6.42 Å². The zero-order chi connectivity index (χ0) is 13.9. The maximum Gasteiger partial charge on any atom is 0.0214 e. The summed E-state index contributed by atoms with van der Waals surface area (Å²) in [5.41, 5.74) is 14.3. The van der Waals surface area contributed by atoms with Crippen molar-refractivity contribution < 1.29 is 0 Å². The molecule has 0 fully saturated rings. The first kappa shape index (κ1) is 12.5. The van der Waals surface area contributed by atoms with Gasteiger partial charge in [-0.25, -0.2) is 0 Å².